The summed E-state index contributed by atoms with van der Waals surface area (Å²) in [7, 11) is 0. The second kappa shape index (κ2) is 8.77. The lowest BCUT2D eigenvalue weighted by molar-refractivity contribution is -0.134. The number of carbonyl (C=O) groups is 1. The van der Waals surface area contributed by atoms with Gasteiger partial charge in [-0.05, 0) is 30.3 Å². The maximum absolute atomic E-state index is 12.9. The van der Waals surface area contributed by atoms with Crippen LogP contribution in [0.3, 0.4) is 0 Å². The smallest absolute Gasteiger partial charge is 0.250 e. The number of nitrogens with one attached hydrogen (secondary N) is 2. The molecule has 1 aliphatic rings. The molecule has 2 N–H and O–H groups in total. The molecule has 1 atom stereocenters. The lowest BCUT2D eigenvalue weighted by Gasteiger charge is -2.22. The van der Waals surface area contributed by atoms with Crippen molar-refractivity contribution in [2.24, 2.45) is 0 Å². The molecule has 6 nitrogen and oxygen atoms in total. The topological polar surface area (TPSA) is 68.2 Å². The number of aromatic nitrogens is 2. The average molecular weight is 355 g/mol. The number of nitrogens with zero attached hydrogens (tertiary/aromatic N) is 2. The van der Waals surface area contributed by atoms with Crippen LogP contribution in [0.4, 0.5) is 4.39 Å². The van der Waals surface area contributed by atoms with Crippen molar-refractivity contribution in [3.8, 4) is 5.69 Å². The molecule has 1 unspecified atom stereocenters. The van der Waals surface area contributed by atoms with Crippen molar-refractivity contribution in [2.75, 3.05) is 26.2 Å². The molecular formula is C16H20ClFN4O2. The van der Waals surface area contributed by atoms with Gasteiger partial charge in [0.25, 0.3) is 0 Å². The van der Waals surface area contributed by atoms with Crippen LogP contribution in [0.1, 0.15) is 5.69 Å². The Morgan fingerprint density at radius 1 is 1.38 bits per heavy atom. The van der Waals surface area contributed by atoms with Crippen LogP contribution >= 0.6 is 12.4 Å². The molecule has 8 heteroatoms. The van der Waals surface area contributed by atoms with Gasteiger partial charge in [-0.25, -0.2) is 9.07 Å². The Morgan fingerprint density at radius 3 is 2.88 bits per heavy atom. The van der Waals surface area contributed by atoms with Crippen molar-refractivity contribution in [2.45, 2.75) is 12.5 Å². The third-order valence-corrected chi connectivity index (χ3v) is 3.64. The van der Waals surface area contributed by atoms with Gasteiger partial charge in [-0.2, -0.15) is 5.10 Å². The van der Waals surface area contributed by atoms with E-state index < -0.39 is 6.10 Å². The van der Waals surface area contributed by atoms with Crippen molar-refractivity contribution >= 4 is 18.3 Å². The Hall–Kier alpha value is -1.96. The molecule has 1 fully saturated rings. The number of hydrogen-bond acceptors (Lipinski definition) is 4. The molecule has 1 aromatic carbocycles. The summed E-state index contributed by atoms with van der Waals surface area (Å²) in [5.41, 5.74) is 1.65. The van der Waals surface area contributed by atoms with Crippen molar-refractivity contribution in [1.29, 1.82) is 0 Å². The summed E-state index contributed by atoms with van der Waals surface area (Å²) in [4.78, 5) is 11.9. The molecule has 0 saturated carbocycles. The van der Waals surface area contributed by atoms with Crippen LogP contribution in [0.25, 0.3) is 5.69 Å². The monoisotopic (exact) mass is 354 g/mol. The van der Waals surface area contributed by atoms with Crippen molar-refractivity contribution in [1.82, 2.24) is 20.4 Å². The van der Waals surface area contributed by atoms with Gasteiger partial charge in [0.15, 0.2) is 0 Å². The highest BCUT2D eigenvalue weighted by Gasteiger charge is 2.21. The normalized spacial score (nSPS) is 17.1. The molecular weight excluding hydrogens is 335 g/mol. The summed E-state index contributed by atoms with van der Waals surface area (Å²) >= 11 is 0. The molecule has 2 aromatic rings. The average Bonchev–Trinajstić information content (AvgIpc) is 3.05. The third kappa shape index (κ3) is 4.77. The summed E-state index contributed by atoms with van der Waals surface area (Å²) in [5, 5.41) is 10.4. The molecule has 1 saturated heterocycles. The number of halogens is 2. The Balaban J connectivity index is 0.00000208. The zero-order chi connectivity index (χ0) is 16.1. The number of ether oxygens (including phenoxy) is 1. The quantitative estimate of drug-likeness (QED) is 0.843. The molecule has 1 aliphatic heterocycles. The van der Waals surface area contributed by atoms with Gasteiger partial charge in [0.1, 0.15) is 11.9 Å². The van der Waals surface area contributed by atoms with Crippen LogP contribution in [0.15, 0.2) is 36.5 Å². The van der Waals surface area contributed by atoms with Gasteiger partial charge < -0.3 is 15.4 Å². The number of amides is 1. The zero-order valence-corrected chi connectivity index (χ0v) is 13.9. The lowest BCUT2D eigenvalue weighted by Crippen LogP contribution is -2.48. The number of benzene rings is 1. The van der Waals surface area contributed by atoms with Gasteiger partial charge in [-0.15, -0.1) is 12.4 Å². The fourth-order valence-electron chi connectivity index (χ4n) is 2.39. The van der Waals surface area contributed by atoms with Gasteiger partial charge in [0.2, 0.25) is 5.91 Å². The molecule has 1 aromatic heterocycles. The van der Waals surface area contributed by atoms with E-state index in [0.717, 1.165) is 17.9 Å². The Kier molecular flexibility index (Phi) is 6.72. The Morgan fingerprint density at radius 2 is 2.17 bits per heavy atom. The second-order valence-electron chi connectivity index (χ2n) is 5.33. The fourth-order valence-corrected chi connectivity index (χ4v) is 2.39. The van der Waals surface area contributed by atoms with E-state index in [1.807, 2.05) is 12.3 Å². The van der Waals surface area contributed by atoms with E-state index in [4.69, 9.17) is 4.74 Å². The minimum Gasteiger partial charge on any atom is -0.366 e. The van der Waals surface area contributed by atoms with Crippen LogP contribution < -0.4 is 10.6 Å². The molecule has 0 radical (unpaired) electrons. The van der Waals surface area contributed by atoms with Crippen LogP contribution in [0.5, 0.6) is 0 Å². The Bertz CT molecular complexity index is 656. The SMILES string of the molecule is Cl.O=C(NCCc1ccn(-c2ccc(F)cc2)n1)C1CNCCO1. The molecule has 0 bridgehead atoms. The number of hydrogen-bond donors (Lipinski definition) is 2. The zero-order valence-electron chi connectivity index (χ0n) is 13.1. The first kappa shape index (κ1) is 18.4. The van der Waals surface area contributed by atoms with Crippen molar-refractivity contribution in [3.63, 3.8) is 0 Å². The minimum atomic E-state index is -0.416. The first-order valence-electron chi connectivity index (χ1n) is 7.63. The maximum atomic E-state index is 12.9. The van der Waals surface area contributed by atoms with Crippen molar-refractivity contribution in [3.05, 3.63) is 48.0 Å². The molecule has 3 rings (SSSR count). The first-order chi connectivity index (χ1) is 11.2. The maximum Gasteiger partial charge on any atom is 0.250 e. The van der Waals surface area contributed by atoms with Gasteiger partial charge in [-0.3, -0.25) is 4.79 Å². The number of carbonyl (C=O) groups excluding carboxylic acids is 1. The highest BCUT2D eigenvalue weighted by atomic mass is 35.5. The van der Waals surface area contributed by atoms with Gasteiger partial charge in [-0.1, -0.05) is 0 Å². The van der Waals surface area contributed by atoms with E-state index >= 15 is 0 Å². The lowest BCUT2D eigenvalue weighted by atomic mass is 10.2. The van der Waals surface area contributed by atoms with E-state index in [1.165, 1.54) is 12.1 Å². The largest absolute Gasteiger partial charge is 0.366 e. The third-order valence-electron chi connectivity index (χ3n) is 3.64. The molecule has 1 amide bonds. The highest BCUT2D eigenvalue weighted by molar-refractivity contribution is 5.85. The van der Waals surface area contributed by atoms with E-state index in [-0.39, 0.29) is 24.1 Å². The molecule has 2 heterocycles. The summed E-state index contributed by atoms with van der Waals surface area (Å²) in [5.74, 6) is -0.376. The van der Waals surface area contributed by atoms with E-state index in [1.54, 1.807) is 16.8 Å². The van der Waals surface area contributed by atoms with Crippen LogP contribution in [-0.4, -0.2) is 48.0 Å². The standard InChI is InChI=1S/C16H19FN4O2.ClH/c17-12-1-3-14(4-2-12)21-9-6-13(20-21)5-7-19-16(22)15-11-18-8-10-23-15;/h1-4,6,9,15,18H,5,7-8,10-11H2,(H,19,22);1H. The highest BCUT2D eigenvalue weighted by Crippen LogP contribution is 2.09. The minimum absolute atomic E-state index is 0. The summed E-state index contributed by atoms with van der Waals surface area (Å²) < 4.78 is 20.0. The van der Waals surface area contributed by atoms with Gasteiger partial charge in [0, 0.05) is 32.3 Å². The van der Waals surface area contributed by atoms with E-state index in [0.29, 0.717) is 26.1 Å². The van der Waals surface area contributed by atoms with Crippen LogP contribution in [0.2, 0.25) is 0 Å². The van der Waals surface area contributed by atoms with Crippen molar-refractivity contribution < 1.29 is 13.9 Å². The summed E-state index contributed by atoms with van der Waals surface area (Å²) in [6.07, 6.45) is 2.03. The Labute approximate surface area is 145 Å². The first-order valence-corrected chi connectivity index (χ1v) is 7.63. The summed E-state index contributed by atoms with van der Waals surface area (Å²) in [6.45, 7) is 2.38. The van der Waals surface area contributed by atoms with E-state index in [2.05, 4.69) is 15.7 Å². The van der Waals surface area contributed by atoms with E-state index in [9.17, 15) is 9.18 Å². The fraction of sp³-hybridized carbons (Fsp3) is 0.375. The summed E-state index contributed by atoms with van der Waals surface area (Å²) in [6, 6.07) is 8.01. The predicted octanol–water partition coefficient (Wildman–Crippen LogP) is 1.08. The second-order valence-corrected chi connectivity index (χ2v) is 5.33. The molecule has 0 spiro atoms. The van der Waals surface area contributed by atoms with Gasteiger partial charge in [0.05, 0.1) is 18.0 Å². The molecule has 130 valence electrons. The number of rotatable bonds is 5. The molecule has 24 heavy (non-hydrogen) atoms. The molecule has 0 aliphatic carbocycles. The van der Waals surface area contributed by atoms with Crippen LogP contribution in [0, 0.1) is 5.82 Å². The van der Waals surface area contributed by atoms with Gasteiger partial charge >= 0.3 is 0 Å². The number of morpholine rings is 1. The predicted molar refractivity (Wildman–Crippen MR) is 90.1 cm³/mol. The van der Waals surface area contributed by atoms with Crippen LogP contribution in [-0.2, 0) is 16.0 Å².